The molecule has 23 heavy (non-hydrogen) atoms. The molecule has 0 aliphatic heterocycles. The average Bonchev–Trinajstić information content (AvgIpc) is 3.11. The summed E-state index contributed by atoms with van der Waals surface area (Å²) >= 11 is 0. The minimum absolute atomic E-state index is 0.00162. The number of rotatable bonds is 3. The molecule has 0 amide bonds. The molecule has 6 heteroatoms. The fraction of sp³-hybridized carbons (Fsp3) is 0.176. The lowest BCUT2D eigenvalue weighted by atomic mass is 10.2. The predicted octanol–water partition coefficient (Wildman–Crippen LogP) is 2.21. The number of hydrogen-bond acceptors (Lipinski definition) is 6. The van der Waals surface area contributed by atoms with E-state index in [-0.39, 0.29) is 6.04 Å². The molecule has 0 saturated carbocycles. The minimum Gasteiger partial charge on any atom is -0.337 e. The molecule has 1 N–H and O–H groups in total. The van der Waals surface area contributed by atoms with Crippen molar-refractivity contribution in [3.63, 3.8) is 0 Å². The quantitative estimate of drug-likeness (QED) is 0.748. The van der Waals surface area contributed by atoms with E-state index in [9.17, 15) is 0 Å². The Morgan fingerprint density at radius 2 is 1.87 bits per heavy atom. The lowest BCUT2D eigenvalue weighted by Crippen LogP contribution is -2.12. The fourth-order valence-electron chi connectivity index (χ4n) is 1.82. The van der Waals surface area contributed by atoms with Crippen molar-refractivity contribution in [1.82, 2.24) is 25.4 Å². The first-order chi connectivity index (χ1) is 11.3. The van der Waals surface area contributed by atoms with Gasteiger partial charge in [-0.25, -0.2) is 0 Å². The van der Waals surface area contributed by atoms with Gasteiger partial charge < -0.3 is 9.84 Å². The third-order valence-corrected chi connectivity index (χ3v) is 3.27. The van der Waals surface area contributed by atoms with Gasteiger partial charge in [-0.1, -0.05) is 17.0 Å². The van der Waals surface area contributed by atoms with Crippen LogP contribution in [0.4, 0.5) is 0 Å². The van der Waals surface area contributed by atoms with Gasteiger partial charge in [0.05, 0.1) is 6.04 Å². The highest BCUT2D eigenvalue weighted by atomic mass is 16.5. The molecule has 0 aliphatic carbocycles. The molecular formula is C17H15N5O. The highest BCUT2D eigenvalue weighted by Gasteiger charge is 2.13. The summed E-state index contributed by atoms with van der Waals surface area (Å²) in [6, 6.07) is 7.43. The van der Waals surface area contributed by atoms with Gasteiger partial charge >= 0.3 is 0 Å². The molecule has 0 aliphatic rings. The van der Waals surface area contributed by atoms with Gasteiger partial charge in [-0.15, -0.1) is 0 Å². The summed E-state index contributed by atoms with van der Waals surface area (Å²) in [4.78, 5) is 12.6. The van der Waals surface area contributed by atoms with E-state index in [1.165, 1.54) is 0 Å². The topological polar surface area (TPSA) is 76.7 Å². The maximum Gasteiger partial charge on any atom is 0.243 e. The van der Waals surface area contributed by atoms with Gasteiger partial charge in [-0.3, -0.25) is 9.97 Å². The molecule has 1 unspecified atom stereocenters. The molecule has 3 heterocycles. The molecule has 3 aromatic heterocycles. The van der Waals surface area contributed by atoms with Gasteiger partial charge in [0, 0.05) is 29.7 Å². The van der Waals surface area contributed by atoms with Crippen LogP contribution >= 0.6 is 0 Å². The zero-order valence-corrected chi connectivity index (χ0v) is 12.8. The van der Waals surface area contributed by atoms with Gasteiger partial charge in [0.1, 0.15) is 5.69 Å². The second kappa shape index (κ2) is 6.81. The summed E-state index contributed by atoms with van der Waals surface area (Å²) in [5.41, 5.74) is 2.38. The van der Waals surface area contributed by atoms with E-state index in [1.54, 1.807) is 18.6 Å². The van der Waals surface area contributed by atoms with Crippen molar-refractivity contribution in [3.8, 4) is 23.4 Å². The Hall–Kier alpha value is -3.04. The molecule has 1 atom stereocenters. The summed E-state index contributed by atoms with van der Waals surface area (Å²) in [5, 5.41) is 7.00. The number of nitrogens with one attached hydrogen (secondary N) is 1. The monoisotopic (exact) mass is 305 g/mol. The van der Waals surface area contributed by atoms with E-state index in [0.717, 1.165) is 11.1 Å². The van der Waals surface area contributed by atoms with Crippen LogP contribution in [0.3, 0.4) is 0 Å². The van der Waals surface area contributed by atoms with Crippen LogP contribution in [0.25, 0.3) is 11.5 Å². The zero-order chi connectivity index (χ0) is 16.1. The molecule has 0 fully saturated rings. The van der Waals surface area contributed by atoms with E-state index >= 15 is 0 Å². The molecule has 114 valence electrons. The molecule has 0 aromatic carbocycles. The highest BCUT2D eigenvalue weighted by Crippen LogP contribution is 2.16. The minimum atomic E-state index is 0.00162. The first-order valence-electron chi connectivity index (χ1n) is 7.15. The van der Waals surface area contributed by atoms with E-state index in [2.05, 4.69) is 37.3 Å². The predicted molar refractivity (Wildman–Crippen MR) is 85.2 cm³/mol. The molecule has 0 spiro atoms. The van der Waals surface area contributed by atoms with Crippen molar-refractivity contribution in [2.24, 2.45) is 0 Å². The molecule has 3 aromatic rings. The molecule has 0 radical (unpaired) electrons. The number of nitrogens with zero attached hydrogens (tertiary/aromatic N) is 4. The van der Waals surface area contributed by atoms with Crippen LogP contribution in [0.1, 0.15) is 30.0 Å². The van der Waals surface area contributed by atoms with Crippen molar-refractivity contribution in [2.75, 3.05) is 7.05 Å². The molecular weight excluding hydrogens is 290 g/mol. The van der Waals surface area contributed by atoms with E-state index in [0.29, 0.717) is 17.4 Å². The molecule has 6 nitrogen and oxygen atoms in total. The number of hydrogen-bond donors (Lipinski definition) is 1. The van der Waals surface area contributed by atoms with Crippen LogP contribution in [0, 0.1) is 11.8 Å². The SMILES string of the molecule is CNC(C)c1nc(-c2ccc(C#Cc3ccncc3)cn2)no1. The van der Waals surface area contributed by atoms with E-state index in [4.69, 9.17) is 4.52 Å². The summed E-state index contributed by atoms with van der Waals surface area (Å²) in [7, 11) is 1.84. The lowest BCUT2D eigenvalue weighted by molar-refractivity contribution is 0.347. The Bertz CT molecular complexity index is 831. The number of pyridine rings is 2. The zero-order valence-electron chi connectivity index (χ0n) is 12.8. The Balaban J connectivity index is 1.77. The van der Waals surface area contributed by atoms with Gasteiger partial charge in [-0.05, 0) is 38.2 Å². The molecule has 0 saturated heterocycles. The Kier molecular flexibility index (Phi) is 4.41. The molecule has 0 bridgehead atoms. The van der Waals surface area contributed by atoms with Crippen LogP contribution in [-0.2, 0) is 0 Å². The Morgan fingerprint density at radius 3 is 2.57 bits per heavy atom. The summed E-state index contributed by atoms with van der Waals surface area (Å²) in [5.74, 6) is 7.12. The normalized spacial score (nSPS) is 11.6. The van der Waals surface area contributed by atoms with Crippen molar-refractivity contribution in [3.05, 3.63) is 59.9 Å². The standard InChI is InChI=1S/C17H15N5O/c1-12(18-2)17-21-16(22-23-17)15-6-5-14(11-20-15)4-3-13-7-9-19-10-8-13/h5-12,18H,1-2H3. The Morgan fingerprint density at radius 1 is 1.09 bits per heavy atom. The van der Waals surface area contributed by atoms with Crippen LogP contribution in [0.2, 0.25) is 0 Å². The largest absolute Gasteiger partial charge is 0.337 e. The van der Waals surface area contributed by atoms with Crippen LogP contribution in [-0.4, -0.2) is 27.2 Å². The van der Waals surface area contributed by atoms with Crippen molar-refractivity contribution >= 4 is 0 Å². The third kappa shape index (κ3) is 3.59. The van der Waals surface area contributed by atoms with Crippen molar-refractivity contribution < 1.29 is 4.52 Å². The first kappa shape index (κ1) is 14.9. The van der Waals surface area contributed by atoms with E-state index < -0.39 is 0 Å². The maximum atomic E-state index is 5.21. The van der Waals surface area contributed by atoms with Crippen molar-refractivity contribution in [1.29, 1.82) is 0 Å². The summed E-state index contributed by atoms with van der Waals surface area (Å²) in [6.45, 7) is 1.95. The smallest absolute Gasteiger partial charge is 0.243 e. The Labute approximate surface area is 134 Å². The summed E-state index contributed by atoms with van der Waals surface area (Å²) < 4.78 is 5.21. The second-order valence-electron chi connectivity index (χ2n) is 4.88. The molecule has 3 rings (SSSR count). The van der Waals surface area contributed by atoms with E-state index in [1.807, 2.05) is 38.2 Å². The van der Waals surface area contributed by atoms with Gasteiger partial charge in [-0.2, -0.15) is 4.98 Å². The second-order valence-corrected chi connectivity index (χ2v) is 4.88. The van der Waals surface area contributed by atoms with Crippen LogP contribution < -0.4 is 5.32 Å². The van der Waals surface area contributed by atoms with Gasteiger partial charge in [0.15, 0.2) is 0 Å². The summed E-state index contributed by atoms with van der Waals surface area (Å²) in [6.07, 6.45) is 5.12. The fourth-order valence-corrected chi connectivity index (χ4v) is 1.82. The van der Waals surface area contributed by atoms with Gasteiger partial charge in [0.25, 0.3) is 0 Å². The van der Waals surface area contributed by atoms with Gasteiger partial charge in [0.2, 0.25) is 11.7 Å². The third-order valence-electron chi connectivity index (χ3n) is 3.27. The van der Waals surface area contributed by atoms with Crippen molar-refractivity contribution in [2.45, 2.75) is 13.0 Å². The highest BCUT2D eigenvalue weighted by molar-refractivity contribution is 5.50. The number of aromatic nitrogens is 4. The maximum absolute atomic E-state index is 5.21. The average molecular weight is 305 g/mol. The first-order valence-corrected chi connectivity index (χ1v) is 7.15. The van der Waals surface area contributed by atoms with Crippen LogP contribution in [0.15, 0.2) is 47.4 Å². The lowest BCUT2D eigenvalue weighted by Gasteiger charge is -2.01. The van der Waals surface area contributed by atoms with Crippen LogP contribution in [0.5, 0.6) is 0 Å².